The van der Waals surface area contributed by atoms with Gasteiger partial charge in [-0.25, -0.2) is 8.42 Å². The number of ketones is 1. The maximum Gasteiger partial charge on any atom is 0.204 e. The number of carbonyl (C=O) groups excluding carboxylic acids is 1. The highest BCUT2D eigenvalue weighted by atomic mass is 35.5. The van der Waals surface area contributed by atoms with E-state index in [-0.39, 0.29) is 16.2 Å². The van der Waals surface area contributed by atoms with Gasteiger partial charge in [0.15, 0.2) is 9.84 Å². The van der Waals surface area contributed by atoms with Crippen LogP contribution in [-0.2, 0) is 15.6 Å². The number of hydrogen-bond donors (Lipinski definition) is 0. The van der Waals surface area contributed by atoms with E-state index in [2.05, 4.69) is 0 Å². The summed E-state index contributed by atoms with van der Waals surface area (Å²) in [5.74, 6) is -0.764. The first kappa shape index (κ1) is 20.5. The summed E-state index contributed by atoms with van der Waals surface area (Å²) in [6, 6.07) is 15.4. The molecule has 3 rings (SSSR count). The van der Waals surface area contributed by atoms with E-state index in [0.717, 1.165) is 16.0 Å². The van der Waals surface area contributed by atoms with Crippen molar-refractivity contribution in [2.24, 2.45) is 0 Å². The monoisotopic (exact) mass is 430 g/mol. The van der Waals surface area contributed by atoms with Gasteiger partial charge in [0.25, 0.3) is 0 Å². The first-order valence-electron chi connectivity index (χ1n) is 8.60. The predicted molar refractivity (Wildman–Crippen MR) is 117 cm³/mol. The van der Waals surface area contributed by atoms with Crippen molar-refractivity contribution in [1.82, 2.24) is 0 Å². The van der Waals surface area contributed by atoms with Crippen LogP contribution in [0.15, 0.2) is 64.9 Å². The largest absolute Gasteiger partial charge is 0.288 e. The van der Waals surface area contributed by atoms with E-state index >= 15 is 0 Å². The van der Waals surface area contributed by atoms with Gasteiger partial charge in [0.1, 0.15) is 4.91 Å². The van der Waals surface area contributed by atoms with Crippen LogP contribution in [0.3, 0.4) is 0 Å². The van der Waals surface area contributed by atoms with Gasteiger partial charge >= 0.3 is 0 Å². The Bertz CT molecular complexity index is 1120. The number of halogens is 1. The number of sulfone groups is 1. The average Bonchev–Trinajstić information content (AvgIpc) is 3.06. The number of rotatable bonds is 6. The highest BCUT2D eigenvalue weighted by Crippen LogP contribution is 2.26. The normalized spacial score (nSPS) is 12.2. The predicted octanol–water partition coefficient (Wildman–Crippen LogP) is 5.86. The molecular weight excluding hydrogens is 412 g/mol. The van der Waals surface area contributed by atoms with Crippen molar-refractivity contribution in [3.8, 4) is 0 Å². The highest BCUT2D eigenvalue weighted by Gasteiger charge is 2.27. The summed E-state index contributed by atoms with van der Waals surface area (Å²) in [5.41, 5.74) is 2.90. The molecule has 3 aromatic rings. The summed E-state index contributed by atoms with van der Waals surface area (Å²) in [6.45, 7) is 3.83. The molecular formula is C22H19ClO3S2. The van der Waals surface area contributed by atoms with Gasteiger partial charge < -0.3 is 0 Å². The van der Waals surface area contributed by atoms with Crippen LogP contribution in [0.5, 0.6) is 0 Å². The lowest BCUT2D eigenvalue weighted by molar-refractivity contribution is 0.104. The van der Waals surface area contributed by atoms with Gasteiger partial charge in [-0.05, 0) is 66.8 Å². The van der Waals surface area contributed by atoms with Crippen molar-refractivity contribution < 1.29 is 13.2 Å². The number of thiophene rings is 1. The number of hydrogen-bond acceptors (Lipinski definition) is 4. The van der Waals surface area contributed by atoms with Crippen molar-refractivity contribution >= 4 is 44.6 Å². The van der Waals surface area contributed by atoms with Crippen molar-refractivity contribution in [3.63, 3.8) is 0 Å². The molecule has 3 nitrogen and oxygen atoms in total. The molecule has 0 aliphatic carbocycles. The minimum atomic E-state index is -3.85. The molecule has 0 atom stereocenters. The molecule has 0 fully saturated rings. The lowest BCUT2D eigenvalue weighted by atomic mass is 10.1. The quantitative estimate of drug-likeness (QED) is 0.363. The van der Waals surface area contributed by atoms with Crippen molar-refractivity contribution in [2.45, 2.75) is 19.6 Å². The molecule has 0 amide bonds. The second-order valence-corrected chi connectivity index (χ2v) is 9.90. The fourth-order valence-corrected chi connectivity index (χ4v) is 5.22. The second kappa shape index (κ2) is 8.43. The van der Waals surface area contributed by atoms with E-state index in [4.69, 9.17) is 11.6 Å². The standard InChI is InChI=1S/C22H19ClO3S2/c1-15-3-5-17(6-4-15)14-28(25,26)21(13-20-16(2)11-12-27-20)22(24)18-7-9-19(23)10-8-18/h3-13H,14H2,1-2H3/b21-13-. The number of Topliss-reactive ketones (excluding diaryl/α,β-unsaturated/α-hetero) is 1. The van der Waals surface area contributed by atoms with Crippen LogP contribution in [0.2, 0.25) is 5.02 Å². The molecule has 0 spiro atoms. The van der Waals surface area contributed by atoms with E-state index in [9.17, 15) is 13.2 Å². The summed E-state index contributed by atoms with van der Waals surface area (Å²) in [7, 11) is -3.85. The first-order valence-corrected chi connectivity index (χ1v) is 11.5. The molecule has 0 N–H and O–H groups in total. The molecule has 6 heteroatoms. The molecule has 0 bridgehead atoms. The molecule has 0 saturated heterocycles. The fraction of sp³-hybridized carbons (Fsp3) is 0.136. The van der Waals surface area contributed by atoms with Crippen LogP contribution < -0.4 is 0 Å². The van der Waals surface area contributed by atoms with Crippen LogP contribution in [0, 0.1) is 13.8 Å². The van der Waals surface area contributed by atoms with Crippen LogP contribution in [-0.4, -0.2) is 14.2 Å². The van der Waals surface area contributed by atoms with Gasteiger partial charge in [0.05, 0.1) is 5.75 Å². The van der Waals surface area contributed by atoms with Gasteiger partial charge in [0, 0.05) is 15.5 Å². The van der Waals surface area contributed by atoms with E-state index in [1.165, 1.54) is 17.4 Å². The van der Waals surface area contributed by atoms with Gasteiger partial charge in [0.2, 0.25) is 5.78 Å². The zero-order chi connectivity index (χ0) is 20.3. The Morgan fingerprint density at radius 3 is 2.21 bits per heavy atom. The topological polar surface area (TPSA) is 51.2 Å². The highest BCUT2D eigenvalue weighted by molar-refractivity contribution is 7.95. The van der Waals surface area contributed by atoms with Crippen LogP contribution >= 0.6 is 22.9 Å². The molecule has 0 saturated carbocycles. The molecule has 0 aliphatic heterocycles. The van der Waals surface area contributed by atoms with Crippen LogP contribution in [0.4, 0.5) is 0 Å². The van der Waals surface area contributed by atoms with Gasteiger partial charge in [-0.2, -0.15) is 0 Å². The average molecular weight is 431 g/mol. The van der Waals surface area contributed by atoms with Crippen molar-refractivity contribution in [1.29, 1.82) is 0 Å². The zero-order valence-corrected chi connectivity index (χ0v) is 17.9. The third-order valence-corrected chi connectivity index (χ3v) is 7.21. The van der Waals surface area contributed by atoms with E-state index in [1.54, 1.807) is 36.4 Å². The maximum absolute atomic E-state index is 13.2. The smallest absolute Gasteiger partial charge is 0.204 e. The Labute approximate surface area is 174 Å². The maximum atomic E-state index is 13.2. The third-order valence-electron chi connectivity index (χ3n) is 4.31. The molecule has 1 aromatic heterocycles. The molecule has 1 heterocycles. The second-order valence-electron chi connectivity index (χ2n) is 6.56. The summed E-state index contributed by atoms with van der Waals surface area (Å²) < 4.78 is 26.4. The van der Waals surface area contributed by atoms with Crippen molar-refractivity contribution in [2.75, 3.05) is 0 Å². The summed E-state index contributed by atoms with van der Waals surface area (Å²) in [4.78, 5) is 13.6. The Morgan fingerprint density at radius 1 is 1.00 bits per heavy atom. The molecule has 0 radical (unpaired) electrons. The number of benzene rings is 2. The number of allylic oxidation sites excluding steroid dienone is 1. The minimum absolute atomic E-state index is 0.207. The summed E-state index contributed by atoms with van der Waals surface area (Å²) in [6.07, 6.45) is 1.49. The SMILES string of the molecule is Cc1ccc(CS(=O)(=O)/C(=C\c2sccc2C)C(=O)c2ccc(Cl)cc2)cc1. The van der Waals surface area contributed by atoms with E-state index in [1.807, 2.05) is 37.4 Å². The lowest BCUT2D eigenvalue weighted by Crippen LogP contribution is -2.16. The van der Waals surface area contributed by atoms with Gasteiger partial charge in [-0.3, -0.25) is 4.79 Å². The van der Waals surface area contributed by atoms with Crippen molar-refractivity contribution in [3.05, 3.63) is 97.0 Å². The zero-order valence-electron chi connectivity index (χ0n) is 15.5. The minimum Gasteiger partial charge on any atom is -0.288 e. The number of carbonyl (C=O) groups is 1. The van der Waals surface area contributed by atoms with Crippen LogP contribution in [0.1, 0.15) is 31.9 Å². The lowest BCUT2D eigenvalue weighted by Gasteiger charge is -2.10. The fourth-order valence-electron chi connectivity index (χ4n) is 2.67. The Kier molecular flexibility index (Phi) is 6.18. The molecule has 0 unspecified atom stereocenters. The molecule has 2 aromatic carbocycles. The van der Waals surface area contributed by atoms with Crippen LogP contribution in [0.25, 0.3) is 6.08 Å². The Morgan fingerprint density at radius 2 is 1.64 bits per heavy atom. The van der Waals surface area contributed by atoms with E-state index in [0.29, 0.717) is 10.6 Å². The third kappa shape index (κ3) is 4.79. The molecule has 0 aliphatic rings. The Balaban J connectivity index is 2.06. The molecule has 144 valence electrons. The summed E-state index contributed by atoms with van der Waals surface area (Å²) in [5, 5.41) is 2.36. The number of aryl methyl sites for hydroxylation is 2. The van der Waals surface area contributed by atoms with Gasteiger partial charge in [-0.1, -0.05) is 41.4 Å². The summed E-state index contributed by atoms with van der Waals surface area (Å²) >= 11 is 7.30. The Hall–Kier alpha value is -2.21. The first-order chi connectivity index (χ1) is 13.3. The van der Waals surface area contributed by atoms with E-state index < -0.39 is 15.6 Å². The van der Waals surface area contributed by atoms with Gasteiger partial charge in [-0.15, -0.1) is 11.3 Å². The molecule has 28 heavy (non-hydrogen) atoms.